The first-order valence-electron chi connectivity index (χ1n) is 9.31. The summed E-state index contributed by atoms with van der Waals surface area (Å²) in [5, 5.41) is 4.26. The van der Waals surface area contributed by atoms with E-state index in [1.54, 1.807) is 10.6 Å². The first kappa shape index (κ1) is 20.5. The molecule has 2 aromatic heterocycles. The van der Waals surface area contributed by atoms with Gasteiger partial charge in [0.15, 0.2) is 11.2 Å². The second-order valence-electron chi connectivity index (χ2n) is 6.89. The largest absolute Gasteiger partial charge is 0.332 e. The fourth-order valence-electron chi connectivity index (χ4n) is 3.24. The van der Waals surface area contributed by atoms with Gasteiger partial charge in [-0.2, -0.15) is 10.1 Å². The van der Waals surface area contributed by atoms with Crippen molar-refractivity contribution in [2.45, 2.75) is 6.54 Å². The molecule has 2 aromatic carbocycles. The summed E-state index contributed by atoms with van der Waals surface area (Å²) < 4.78 is 17.9. The standard InChI is InChI=1S/C21H18ClFN6O2/c1-27-18-17(19(30)28(2)21(27)31)29(12-13-7-4-3-5-8-13)20(25-18)26-24-11-14-15(22)9-6-10-16(14)23/h3-11H,12H2,1-2H3,(H,25,26)/b24-11+. The summed E-state index contributed by atoms with van der Waals surface area (Å²) in [6, 6.07) is 13.8. The van der Waals surface area contributed by atoms with Gasteiger partial charge in [-0.1, -0.05) is 48.0 Å². The highest BCUT2D eigenvalue weighted by Gasteiger charge is 2.19. The van der Waals surface area contributed by atoms with Gasteiger partial charge in [0.05, 0.1) is 17.8 Å². The van der Waals surface area contributed by atoms with Gasteiger partial charge in [0, 0.05) is 19.7 Å². The zero-order chi connectivity index (χ0) is 22.1. The highest BCUT2D eigenvalue weighted by Crippen LogP contribution is 2.19. The van der Waals surface area contributed by atoms with E-state index in [0.29, 0.717) is 6.54 Å². The zero-order valence-electron chi connectivity index (χ0n) is 16.7. The predicted octanol–water partition coefficient (Wildman–Crippen LogP) is 2.72. The number of nitrogens with one attached hydrogen (secondary N) is 1. The van der Waals surface area contributed by atoms with E-state index in [4.69, 9.17) is 11.6 Å². The Morgan fingerprint density at radius 1 is 1.10 bits per heavy atom. The number of aromatic nitrogens is 4. The van der Waals surface area contributed by atoms with E-state index < -0.39 is 17.1 Å². The Labute approximate surface area is 180 Å². The molecule has 0 aliphatic carbocycles. The Morgan fingerprint density at radius 2 is 1.84 bits per heavy atom. The normalized spacial score (nSPS) is 11.5. The Balaban J connectivity index is 1.84. The summed E-state index contributed by atoms with van der Waals surface area (Å²) in [6.45, 7) is 0.309. The Kier molecular flexibility index (Phi) is 5.43. The van der Waals surface area contributed by atoms with E-state index in [2.05, 4.69) is 15.5 Å². The predicted molar refractivity (Wildman–Crippen MR) is 118 cm³/mol. The van der Waals surface area contributed by atoms with Crippen LogP contribution in [0.4, 0.5) is 10.3 Å². The van der Waals surface area contributed by atoms with Crippen LogP contribution in [0.5, 0.6) is 0 Å². The lowest BCUT2D eigenvalue weighted by molar-refractivity contribution is 0.626. The topological polar surface area (TPSA) is 86.2 Å². The highest BCUT2D eigenvalue weighted by molar-refractivity contribution is 6.33. The number of benzene rings is 2. The third-order valence-electron chi connectivity index (χ3n) is 4.89. The van der Waals surface area contributed by atoms with Gasteiger partial charge in [0.2, 0.25) is 5.95 Å². The van der Waals surface area contributed by atoms with Crippen LogP contribution in [-0.2, 0) is 20.6 Å². The third kappa shape index (κ3) is 3.75. The SMILES string of the molecule is Cn1c(=O)c2c(nc(N/N=C/c3c(F)cccc3Cl)n2Cc2ccccc2)n(C)c1=O. The minimum absolute atomic E-state index is 0.116. The van der Waals surface area contributed by atoms with Gasteiger partial charge in [0.1, 0.15) is 5.82 Å². The number of halogens is 2. The second kappa shape index (κ2) is 8.19. The molecular weight excluding hydrogens is 423 g/mol. The quantitative estimate of drug-likeness (QED) is 0.382. The van der Waals surface area contributed by atoms with Crippen molar-refractivity contribution in [2.24, 2.45) is 19.2 Å². The van der Waals surface area contributed by atoms with Crippen LogP contribution in [0.1, 0.15) is 11.1 Å². The lowest BCUT2D eigenvalue weighted by Gasteiger charge is -2.09. The lowest BCUT2D eigenvalue weighted by atomic mass is 10.2. The number of aryl methyl sites for hydroxylation is 1. The number of hydrazone groups is 1. The van der Waals surface area contributed by atoms with Crippen molar-refractivity contribution >= 4 is 34.9 Å². The first-order chi connectivity index (χ1) is 14.9. The molecule has 0 saturated carbocycles. The molecule has 0 radical (unpaired) electrons. The average Bonchev–Trinajstić information content (AvgIpc) is 3.12. The van der Waals surface area contributed by atoms with E-state index in [9.17, 15) is 14.0 Å². The molecule has 0 unspecified atom stereocenters. The molecule has 0 aliphatic rings. The molecule has 158 valence electrons. The van der Waals surface area contributed by atoms with Crippen LogP contribution in [0, 0.1) is 5.82 Å². The van der Waals surface area contributed by atoms with Crippen molar-refractivity contribution < 1.29 is 4.39 Å². The number of imidazole rings is 1. The van der Waals surface area contributed by atoms with Gasteiger partial charge in [-0.3, -0.25) is 18.5 Å². The molecule has 1 N–H and O–H groups in total. The number of anilines is 1. The molecule has 8 nitrogen and oxygen atoms in total. The molecule has 4 rings (SSSR count). The second-order valence-corrected chi connectivity index (χ2v) is 7.30. The Hall–Kier alpha value is -3.72. The molecule has 0 spiro atoms. The van der Waals surface area contributed by atoms with Crippen molar-refractivity contribution in [2.75, 3.05) is 5.43 Å². The van der Waals surface area contributed by atoms with Gasteiger partial charge in [-0.25, -0.2) is 14.6 Å². The van der Waals surface area contributed by atoms with Crippen molar-refractivity contribution in [3.63, 3.8) is 0 Å². The summed E-state index contributed by atoms with van der Waals surface area (Å²) >= 11 is 6.03. The van der Waals surface area contributed by atoms with E-state index in [1.807, 2.05) is 30.3 Å². The monoisotopic (exact) mass is 440 g/mol. The van der Waals surface area contributed by atoms with Crippen LogP contribution in [0.15, 0.2) is 63.2 Å². The minimum atomic E-state index is -0.521. The maximum absolute atomic E-state index is 14.0. The molecule has 0 atom stereocenters. The van der Waals surface area contributed by atoms with Crippen molar-refractivity contribution in [3.05, 3.63) is 91.3 Å². The van der Waals surface area contributed by atoms with Crippen LogP contribution in [0.2, 0.25) is 5.02 Å². The zero-order valence-corrected chi connectivity index (χ0v) is 17.5. The molecule has 4 aromatic rings. The molecular formula is C21H18ClFN6O2. The van der Waals surface area contributed by atoms with Crippen LogP contribution in [-0.4, -0.2) is 24.9 Å². The van der Waals surface area contributed by atoms with Crippen molar-refractivity contribution in [1.29, 1.82) is 0 Å². The first-order valence-corrected chi connectivity index (χ1v) is 9.69. The van der Waals surface area contributed by atoms with E-state index >= 15 is 0 Å². The van der Waals surface area contributed by atoms with Gasteiger partial charge in [-0.15, -0.1) is 0 Å². The van der Waals surface area contributed by atoms with E-state index in [-0.39, 0.29) is 27.7 Å². The van der Waals surface area contributed by atoms with Crippen LogP contribution in [0.25, 0.3) is 11.2 Å². The summed E-state index contributed by atoms with van der Waals surface area (Å²) in [4.78, 5) is 29.6. The number of hydrogen-bond acceptors (Lipinski definition) is 5. The molecule has 31 heavy (non-hydrogen) atoms. The molecule has 0 amide bonds. The number of hydrogen-bond donors (Lipinski definition) is 1. The summed E-state index contributed by atoms with van der Waals surface area (Å²) in [6.07, 6.45) is 1.24. The van der Waals surface area contributed by atoms with Gasteiger partial charge in [-0.05, 0) is 17.7 Å². The third-order valence-corrected chi connectivity index (χ3v) is 5.22. The molecule has 0 fully saturated rings. The van der Waals surface area contributed by atoms with E-state index in [0.717, 1.165) is 10.1 Å². The van der Waals surface area contributed by atoms with Crippen molar-refractivity contribution in [1.82, 2.24) is 18.7 Å². The lowest BCUT2D eigenvalue weighted by Crippen LogP contribution is -2.37. The fraction of sp³-hybridized carbons (Fsp3) is 0.143. The van der Waals surface area contributed by atoms with Crippen LogP contribution < -0.4 is 16.7 Å². The smallest absolute Gasteiger partial charge is 0.298 e. The van der Waals surface area contributed by atoms with Gasteiger partial charge >= 0.3 is 5.69 Å². The van der Waals surface area contributed by atoms with Crippen LogP contribution >= 0.6 is 11.6 Å². The summed E-state index contributed by atoms with van der Waals surface area (Å²) in [7, 11) is 2.95. The Morgan fingerprint density at radius 3 is 2.55 bits per heavy atom. The summed E-state index contributed by atoms with van der Waals surface area (Å²) in [5.41, 5.74) is 3.28. The number of fused-ring (bicyclic) bond motifs is 1. The average molecular weight is 441 g/mol. The fourth-order valence-corrected chi connectivity index (χ4v) is 3.45. The van der Waals surface area contributed by atoms with Crippen molar-refractivity contribution in [3.8, 4) is 0 Å². The maximum Gasteiger partial charge on any atom is 0.332 e. The minimum Gasteiger partial charge on any atom is -0.298 e. The summed E-state index contributed by atoms with van der Waals surface area (Å²) in [5.74, 6) is -0.298. The molecule has 2 heterocycles. The highest BCUT2D eigenvalue weighted by atomic mass is 35.5. The Bertz CT molecular complexity index is 1400. The number of rotatable bonds is 5. The number of nitrogens with zero attached hydrogens (tertiary/aromatic N) is 5. The van der Waals surface area contributed by atoms with Gasteiger partial charge < -0.3 is 0 Å². The maximum atomic E-state index is 14.0. The molecule has 0 saturated heterocycles. The van der Waals surface area contributed by atoms with Crippen LogP contribution in [0.3, 0.4) is 0 Å². The molecule has 0 bridgehead atoms. The molecule has 10 heteroatoms. The van der Waals surface area contributed by atoms with Gasteiger partial charge in [0.25, 0.3) is 5.56 Å². The molecule has 0 aliphatic heterocycles. The van der Waals surface area contributed by atoms with E-state index in [1.165, 1.54) is 37.0 Å².